The van der Waals surface area contributed by atoms with Crippen molar-refractivity contribution < 1.29 is 0 Å². The number of nitrogens with one attached hydrogen (secondary N) is 1. The van der Waals surface area contributed by atoms with Gasteiger partial charge in [-0.05, 0) is 46.9 Å². The van der Waals surface area contributed by atoms with Crippen LogP contribution in [0.5, 0.6) is 0 Å². The van der Waals surface area contributed by atoms with E-state index < -0.39 is 0 Å². The zero-order valence-corrected chi connectivity index (χ0v) is 16.8. The molecule has 0 saturated carbocycles. The van der Waals surface area contributed by atoms with E-state index in [0.29, 0.717) is 34.6 Å². The molecule has 2 aromatic heterocycles. The first-order valence-electron chi connectivity index (χ1n) is 8.53. The van der Waals surface area contributed by atoms with Crippen LogP contribution in [0.15, 0.2) is 30.6 Å². The number of hydrogen-bond acceptors (Lipinski definition) is 5. The summed E-state index contributed by atoms with van der Waals surface area (Å²) in [5.74, 6) is 3.00. The van der Waals surface area contributed by atoms with Gasteiger partial charge in [0.2, 0.25) is 5.28 Å². The van der Waals surface area contributed by atoms with Gasteiger partial charge in [0.15, 0.2) is 17.0 Å². The third kappa shape index (κ3) is 3.38. The van der Waals surface area contributed by atoms with E-state index in [1.165, 1.54) is 0 Å². The summed E-state index contributed by atoms with van der Waals surface area (Å²) in [6.07, 6.45) is 1.85. The average Bonchev–Trinajstić information content (AvgIpc) is 3.17. The Kier molecular flexibility index (Phi) is 4.99. The van der Waals surface area contributed by atoms with Crippen LogP contribution >= 0.6 is 35.0 Å². The van der Waals surface area contributed by atoms with Gasteiger partial charge in [0.1, 0.15) is 0 Å². The van der Waals surface area contributed by atoms with Crippen molar-refractivity contribution in [2.75, 3.05) is 11.1 Å². The monoisotopic (exact) mass is 407 g/mol. The summed E-state index contributed by atoms with van der Waals surface area (Å²) >= 11 is 14.2. The van der Waals surface area contributed by atoms with E-state index in [0.717, 1.165) is 22.5 Å². The molecule has 4 rings (SSSR count). The fourth-order valence-electron chi connectivity index (χ4n) is 3.20. The molecule has 0 spiro atoms. The maximum atomic E-state index is 6.20. The molecule has 1 saturated heterocycles. The SMILES string of the molecule is CC1CSC(n2cnc3c(NCc4cccc(Cl)c4)nc(Cl)nc32)C1C. The van der Waals surface area contributed by atoms with Crippen molar-refractivity contribution in [1.82, 2.24) is 19.5 Å². The van der Waals surface area contributed by atoms with Gasteiger partial charge in [-0.1, -0.05) is 37.6 Å². The van der Waals surface area contributed by atoms with Gasteiger partial charge in [0, 0.05) is 11.6 Å². The summed E-state index contributed by atoms with van der Waals surface area (Å²) in [6, 6.07) is 7.71. The molecule has 1 N–H and O–H groups in total. The molecule has 1 aromatic carbocycles. The van der Waals surface area contributed by atoms with Crippen molar-refractivity contribution in [3.8, 4) is 0 Å². The Morgan fingerprint density at radius 1 is 1.27 bits per heavy atom. The molecule has 3 aromatic rings. The van der Waals surface area contributed by atoms with Crippen molar-refractivity contribution in [2.24, 2.45) is 11.8 Å². The second-order valence-corrected chi connectivity index (χ2v) is 8.63. The van der Waals surface area contributed by atoms with Crippen LogP contribution in [0.25, 0.3) is 11.2 Å². The number of anilines is 1. The first-order chi connectivity index (χ1) is 12.5. The Morgan fingerprint density at radius 2 is 2.12 bits per heavy atom. The van der Waals surface area contributed by atoms with Gasteiger partial charge >= 0.3 is 0 Å². The second-order valence-electron chi connectivity index (χ2n) is 6.71. The average molecular weight is 408 g/mol. The fourth-order valence-corrected chi connectivity index (χ4v) is 5.27. The predicted octanol–water partition coefficient (Wildman–Crippen LogP) is 5.26. The third-order valence-electron chi connectivity index (χ3n) is 4.89. The molecule has 136 valence electrons. The van der Waals surface area contributed by atoms with Crippen molar-refractivity contribution in [2.45, 2.75) is 25.8 Å². The minimum atomic E-state index is 0.219. The Hall–Kier alpha value is -1.50. The van der Waals surface area contributed by atoms with Gasteiger partial charge in [0.25, 0.3) is 0 Å². The van der Waals surface area contributed by atoms with Gasteiger partial charge in [-0.3, -0.25) is 0 Å². The first-order valence-corrected chi connectivity index (χ1v) is 10.3. The van der Waals surface area contributed by atoms with E-state index in [-0.39, 0.29) is 5.28 Å². The molecule has 3 atom stereocenters. The summed E-state index contributed by atoms with van der Waals surface area (Å²) in [4.78, 5) is 13.4. The van der Waals surface area contributed by atoms with Crippen molar-refractivity contribution >= 4 is 51.9 Å². The zero-order chi connectivity index (χ0) is 18.3. The highest BCUT2D eigenvalue weighted by Crippen LogP contribution is 2.45. The van der Waals surface area contributed by atoms with Crippen LogP contribution in [0.4, 0.5) is 5.82 Å². The largest absolute Gasteiger partial charge is 0.364 e. The van der Waals surface area contributed by atoms with Crippen molar-refractivity contribution in [1.29, 1.82) is 0 Å². The molecule has 26 heavy (non-hydrogen) atoms. The minimum Gasteiger partial charge on any atom is -0.364 e. The number of halogens is 2. The van der Waals surface area contributed by atoms with E-state index in [4.69, 9.17) is 23.2 Å². The lowest BCUT2D eigenvalue weighted by Gasteiger charge is -2.18. The number of benzene rings is 1. The molecule has 1 aliphatic rings. The number of thioether (sulfide) groups is 1. The standard InChI is InChI=1S/C18H19Cl2N5S/c1-10-8-26-17(11(10)2)25-9-22-14-15(23-18(20)24-16(14)25)21-7-12-4-3-5-13(19)6-12/h3-6,9-11,17H,7-8H2,1-2H3,(H,21,23,24). The Bertz CT molecular complexity index is 944. The Balaban J connectivity index is 1.66. The Morgan fingerprint density at radius 3 is 2.85 bits per heavy atom. The summed E-state index contributed by atoms with van der Waals surface area (Å²) in [5.41, 5.74) is 2.58. The fraction of sp³-hybridized carbons (Fsp3) is 0.389. The highest BCUT2D eigenvalue weighted by atomic mass is 35.5. The number of imidazole rings is 1. The Labute approximate surface area is 166 Å². The minimum absolute atomic E-state index is 0.219. The van der Waals surface area contributed by atoms with Crippen LogP contribution in [0.2, 0.25) is 10.3 Å². The summed E-state index contributed by atoms with van der Waals surface area (Å²) in [6.45, 7) is 5.15. The molecule has 5 nitrogen and oxygen atoms in total. The second kappa shape index (κ2) is 7.25. The van der Waals surface area contributed by atoms with Crippen LogP contribution in [0.3, 0.4) is 0 Å². The molecule has 8 heteroatoms. The number of nitrogens with zero attached hydrogens (tertiary/aromatic N) is 4. The summed E-state index contributed by atoms with van der Waals surface area (Å²) < 4.78 is 2.13. The van der Waals surface area contributed by atoms with E-state index in [1.54, 1.807) is 0 Å². The van der Waals surface area contributed by atoms with E-state index in [1.807, 2.05) is 42.4 Å². The maximum Gasteiger partial charge on any atom is 0.226 e. The number of aromatic nitrogens is 4. The zero-order valence-electron chi connectivity index (χ0n) is 14.5. The van der Waals surface area contributed by atoms with Gasteiger partial charge in [0.05, 0.1) is 11.7 Å². The topological polar surface area (TPSA) is 55.6 Å². The molecule has 3 heterocycles. The molecule has 1 aliphatic heterocycles. The lowest BCUT2D eigenvalue weighted by molar-refractivity contribution is 0.390. The van der Waals surface area contributed by atoms with E-state index in [9.17, 15) is 0 Å². The van der Waals surface area contributed by atoms with Crippen molar-refractivity contribution in [3.05, 3.63) is 46.5 Å². The van der Waals surface area contributed by atoms with Gasteiger partial charge in [-0.15, -0.1) is 11.8 Å². The quantitative estimate of drug-likeness (QED) is 0.597. The molecule has 0 bridgehead atoms. The van der Waals surface area contributed by atoms with Crippen LogP contribution in [0.1, 0.15) is 24.8 Å². The van der Waals surface area contributed by atoms with Crippen LogP contribution in [-0.2, 0) is 6.54 Å². The third-order valence-corrected chi connectivity index (χ3v) is 7.01. The van der Waals surface area contributed by atoms with Crippen LogP contribution in [0, 0.1) is 11.8 Å². The molecular formula is C18H19Cl2N5S. The van der Waals surface area contributed by atoms with Gasteiger partial charge in [-0.2, -0.15) is 9.97 Å². The number of hydrogen-bond donors (Lipinski definition) is 1. The number of rotatable bonds is 4. The van der Waals surface area contributed by atoms with Gasteiger partial charge < -0.3 is 9.88 Å². The van der Waals surface area contributed by atoms with Crippen LogP contribution in [-0.4, -0.2) is 25.3 Å². The smallest absolute Gasteiger partial charge is 0.226 e. The highest BCUT2D eigenvalue weighted by molar-refractivity contribution is 7.99. The summed E-state index contributed by atoms with van der Waals surface area (Å²) in [7, 11) is 0. The summed E-state index contributed by atoms with van der Waals surface area (Å²) in [5, 5.41) is 4.57. The number of fused-ring (bicyclic) bond motifs is 1. The molecule has 0 radical (unpaired) electrons. The first kappa shape index (κ1) is 17.9. The normalized spacial score (nSPS) is 22.8. The van der Waals surface area contributed by atoms with Crippen molar-refractivity contribution in [3.63, 3.8) is 0 Å². The molecule has 1 fully saturated rings. The lowest BCUT2D eigenvalue weighted by Crippen LogP contribution is -2.13. The predicted molar refractivity (Wildman–Crippen MR) is 109 cm³/mol. The molecular weight excluding hydrogens is 389 g/mol. The molecule has 0 aliphatic carbocycles. The molecule has 3 unspecified atom stereocenters. The van der Waals surface area contributed by atoms with Gasteiger partial charge in [-0.25, -0.2) is 4.98 Å². The lowest BCUT2D eigenvalue weighted by atomic mass is 9.98. The molecule has 0 amide bonds. The van der Waals surface area contributed by atoms with E-state index in [2.05, 4.69) is 38.7 Å². The highest BCUT2D eigenvalue weighted by Gasteiger charge is 2.33. The van der Waals surface area contributed by atoms with E-state index >= 15 is 0 Å². The maximum absolute atomic E-state index is 6.20. The van der Waals surface area contributed by atoms with Crippen LogP contribution < -0.4 is 5.32 Å².